The maximum Gasteiger partial charge on any atom is 0.330 e. The number of hydrogen-bond acceptors (Lipinski definition) is 2. The molecule has 0 bridgehead atoms. The first kappa shape index (κ1) is 12.9. The second-order valence-electron chi connectivity index (χ2n) is 3.55. The van der Waals surface area contributed by atoms with Gasteiger partial charge >= 0.3 is 5.97 Å². The van der Waals surface area contributed by atoms with Crippen LogP contribution in [0.5, 0.6) is 0 Å². The van der Waals surface area contributed by atoms with Gasteiger partial charge in [-0.25, -0.2) is 4.79 Å². The third-order valence-electron chi connectivity index (χ3n) is 1.83. The van der Waals surface area contributed by atoms with Crippen LogP contribution in [0.2, 0.25) is 0 Å². The van der Waals surface area contributed by atoms with Gasteiger partial charge in [0.25, 0.3) is 0 Å². The number of hydrogen-bond donors (Lipinski definition) is 0. The van der Waals surface area contributed by atoms with E-state index < -0.39 is 0 Å². The highest BCUT2D eigenvalue weighted by Gasteiger charge is 1.98. The van der Waals surface area contributed by atoms with Crippen LogP contribution in [0.15, 0.2) is 23.8 Å². The average Bonchev–Trinajstić information content (AvgIpc) is 2.03. The number of carbonyl (C=O) groups is 1. The first-order valence-corrected chi connectivity index (χ1v) is 5.04. The van der Waals surface area contributed by atoms with E-state index in [1.54, 1.807) is 6.08 Å². The molecule has 2 heteroatoms. The predicted octanol–water partition coefficient (Wildman–Crippen LogP) is 3.24. The Bertz CT molecular complexity index is 226. The molecule has 14 heavy (non-hydrogen) atoms. The van der Waals surface area contributed by atoms with Crippen molar-refractivity contribution >= 4 is 5.97 Å². The molecule has 0 fully saturated rings. The molecule has 0 heterocycles. The van der Waals surface area contributed by atoms with E-state index in [4.69, 9.17) is 4.74 Å². The van der Waals surface area contributed by atoms with E-state index in [1.807, 2.05) is 20.8 Å². The minimum atomic E-state index is -0.236. The van der Waals surface area contributed by atoms with Crippen LogP contribution in [0, 0.1) is 0 Å². The van der Waals surface area contributed by atoms with Crippen LogP contribution >= 0.6 is 0 Å². The largest absolute Gasteiger partial charge is 0.463 e. The van der Waals surface area contributed by atoms with Crippen LogP contribution in [-0.2, 0) is 9.53 Å². The van der Waals surface area contributed by atoms with Crippen molar-refractivity contribution in [3.8, 4) is 0 Å². The van der Waals surface area contributed by atoms with E-state index in [0.717, 1.165) is 24.8 Å². The fraction of sp³-hybridized carbons (Fsp3) is 0.583. The summed E-state index contributed by atoms with van der Waals surface area (Å²) < 4.78 is 4.81. The van der Waals surface area contributed by atoms with Crippen LogP contribution in [0.1, 0.15) is 40.0 Å². The van der Waals surface area contributed by atoms with Crippen molar-refractivity contribution in [3.05, 3.63) is 23.8 Å². The maximum absolute atomic E-state index is 11.0. The molecule has 0 amide bonds. The Kier molecular flexibility index (Phi) is 6.81. The number of ether oxygens (including phenoxy) is 1. The van der Waals surface area contributed by atoms with E-state index in [9.17, 15) is 4.79 Å². The van der Waals surface area contributed by atoms with E-state index in [-0.39, 0.29) is 5.97 Å². The number of esters is 1. The highest BCUT2D eigenvalue weighted by Crippen LogP contribution is 2.10. The third-order valence-corrected chi connectivity index (χ3v) is 1.83. The molecule has 0 aliphatic carbocycles. The molecule has 0 unspecified atom stereocenters. The SMILES string of the molecule is C=C(C)CCC/C(C)=C/C(=O)OCC. The molecule has 0 spiro atoms. The summed E-state index contributed by atoms with van der Waals surface area (Å²) in [5.41, 5.74) is 2.26. The Hall–Kier alpha value is -1.05. The van der Waals surface area contributed by atoms with Crippen LogP contribution in [0.4, 0.5) is 0 Å². The van der Waals surface area contributed by atoms with Gasteiger partial charge in [-0.05, 0) is 40.0 Å². The lowest BCUT2D eigenvalue weighted by Crippen LogP contribution is -2.00. The van der Waals surface area contributed by atoms with E-state index in [0.29, 0.717) is 6.61 Å². The predicted molar refractivity (Wildman–Crippen MR) is 59.1 cm³/mol. The summed E-state index contributed by atoms with van der Waals surface area (Å²) in [6.45, 7) is 10.0. The molecule has 0 aromatic rings. The molecule has 0 atom stereocenters. The van der Waals surface area contributed by atoms with Crippen molar-refractivity contribution in [3.63, 3.8) is 0 Å². The van der Waals surface area contributed by atoms with E-state index in [2.05, 4.69) is 6.58 Å². The number of allylic oxidation sites excluding steroid dienone is 2. The summed E-state index contributed by atoms with van der Waals surface area (Å²) in [6.07, 6.45) is 4.58. The first-order chi connectivity index (χ1) is 6.56. The van der Waals surface area contributed by atoms with Crippen LogP contribution in [0.3, 0.4) is 0 Å². The van der Waals surface area contributed by atoms with Gasteiger partial charge in [0.05, 0.1) is 6.61 Å². The van der Waals surface area contributed by atoms with Crippen molar-refractivity contribution in [1.82, 2.24) is 0 Å². The number of carbonyl (C=O) groups excluding carboxylic acids is 1. The summed E-state index contributed by atoms with van der Waals surface area (Å²) in [4.78, 5) is 11.0. The summed E-state index contributed by atoms with van der Waals surface area (Å²) in [7, 11) is 0. The van der Waals surface area contributed by atoms with Crippen LogP contribution in [0.25, 0.3) is 0 Å². The maximum atomic E-state index is 11.0. The Labute approximate surface area is 86.6 Å². The monoisotopic (exact) mass is 196 g/mol. The molecule has 0 aliphatic heterocycles. The average molecular weight is 196 g/mol. The van der Waals surface area contributed by atoms with Crippen molar-refractivity contribution in [2.45, 2.75) is 40.0 Å². The summed E-state index contributed by atoms with van der Waals surface area (Å²) >= 11 is 0. The normalized spacial score (nSPS) is 11.2. The molecular formula is C12H20O2. The van der Waals surface area contributed by atoms with Gasteiger partial charge < -0.3 is 4.74 Å². The summed E-state index contributed by atoms with van der Waals surface area (Å²) in [6, 6.07) is 0. The standard InChI is InChI=1S/C12H20O2/c1-5-14-12(13)9-11(4)8-6-7-10(2)3/h9H,2,5-8H2,1,3-4H3/b11-9+. The highest BCUT2D eigenvalue weighted by molar-refractivity contribution is 5.82. The Morgan fingerprint density at radius 2 is 2.00 bits per heavy atom. The molecule has 0 aliphatic rings. The van der Waals surface area contributed by atoms with Gasteiger partial charge in [0.2, 0.25) is 0 Å². The summed E-state index contributed by atoms with van der Waals surface area (Å²) in [5, 5.41) is 0. The lowest BCUT2D eigenvalue weighted by Gasteiger charge is -2.01. The summed E-state index contributed by atoms with van der Waals surface area (Å²) in [5.74, 6) is -0.236. The van der Waals surface area contributed by atoms with Crippen molar-refractivity contribution in [2.75, 3.05) is 6.61 Å². The van der Waals surface area contributed by atoms with Crippen LogP contribution < -0.4 is 0 Å². The molecule has 0 rings (SSSR count). The first-order valence-electron chi connectivity index (χ1n) is 5.04. The molecule has 0 aromatic carbocycles. The zero-order chi connectivity index (χ0) is 11.0. The smallest absolute Gasteiger partial charge is 0.330 e. The fourth-order valence-electron chi connectivity index (χ4n) is 1.13. The Morgan fingerprint density at radius 3 is 2.50 bits per heavy atom. The van der Waals surface area contributed by atoms with Gasteiger partial charge in [0.1, 0.15) is 0 Å². The zero-order valence-electron chi connectivity index (χ0n) is 9.43. The topological polar surface area (TPSA) is 26.3 Å². The minimum Gasteiger partial charge on any atom is -0.463 e. The van der Waals surface area contributed by atoms with Crippen molar-refractivity contribution in [2.24, 2.45) is 0 Å². The van der Waals surface area contributed by atoms with Gasteiger partial charge in [-0.1, -0.05) is 11.1 Å². The number of rotatable bonds is 6. The molecule has 0 N–H and O–H groups in total. The Balaban J connectivity index is 3.76. The zero-order valence-corrected chi connectivity index (χ0v) is 9.43. The molecular weight excluding hydrogens is 176 g/mol. The lowest BCUT2D eigenvalue weighted by molar-refractivity contribution is -0.137. The van der Waals surface area contributed by atoms with Crippen LogP contribution in [-0.4, -0.2) is 12.6 Å². The fourth-order valence-corrected chi connectivity index (χ4v) is 1.13. The Morgan fingerprint density at radius 1 is 1.36 bits per heavy atom. The highest BCUT2D eigenvalue weighted by atomic mass is 16.5. The lowest BCUT2D eigenvalue weighted by atomic mass is 10.1. The van der Waals surface area contributed by atoms with E-state index >= 15 is 0 Å². The second-order valence-corrected chi connectivity index (χ2v) is 3.55. The van der Waals surface area contributed by atoms with E-state index in [1.165, 1.54) is 5.57 Å². The molecule has 0 saturated heterocycles. The molecule has 0 radical (unpaired) electrons. The molecule has 0 aromatic heterocycles. The van der Waals surface area contributed by atoms with Crippen molar-refractivity contribution in [1.29, 1.82) is 0 Å². The quantitative estimate of drug-likeness (QED) is 0.370. The van der Waals surface area contributed by atoms with Crippen molar-refractivity contribution < 1.29 is 9.53 Å². The van der Waals surface area contributed by atoms with Gasteiger partial charge in [0.15, 0.2) is 0 Å². The van der Waals surface area contributed by atoms with Gasteiger partial charge in [-0.3, -0.25) is 0 Å². The molecule has 2 nitrogen and oxygen atoms in total. The molecule has 0 saturated carbocycles. The van der Waals surface area contributed by atoms with Gasteiger partial charge in [0, 0.05) is 6.08 Å². The van der Waals surface area contributed by atoms with Gasteiger partial charge in [-0.15, -0.1) is 6.58 Å². The second kappa shape index (κ2) is 7.36. The minimum absolute atomic E-state index is 0.236. The molecule has 80 valence electrons. The van der Waals surface area contributed by atoms with Gasteiger partial charge in [-0.2, -0.15) is 0 Å². The third kappa shape index (κ3) is 7.59.